The van der Waals surface area contributed by atoms with Crippen molar-refractivity contribution in [2.45, 2.75) is 31.0 Å². The minimum absolute atomic E-state index is 0.00279. The molecule has 0 spiro atoms. The van der Waals surface area contributed by atoms with Gasteiger partial charge in [0.1, 0.15) is 11.6 Å². The van der Waals surface area contributed by atoms with Crippen LogP contribution in [0, 0.1) is 0 Å². The Morgan fingerprint density at radius 2 is 1.58 bits per heavy atom. The number of ether oxygens (including phenoxy) is 1. The van der Waals surface area contributed by atoms with E-state index in [1.54, 1.807) is 0 Å². The molecule has 4 rings (SSSR count). The van der Waals surface area contributed by atoms with E-state index in [9.17, 15) is 4.79 Å². The first-order valence-corrected chi connectivity index (χ1v) is 11.3. The molecule has 3 aromatic rings. The lowest BCUT2D eigenvalue weighted by Gasteiger charge is -2.48. The summed E-state index contributed by atoms with van der Waals surface area (Å²) < 4.78 is 7.11. The number of halogens is 1. The van der Waals surface area contributed by atoms with Crippen LogP contribution in [0.5, 0.6) is 0 Å². The van der Waals surface area contributed by atoms with Crippen molar-refractivity contribution in [2.24, 2.45) is 0 Å². The van der Waals surface area contributed by atoms with Gasteiger partial charge in [0.15, 0.2) is 0 Å². The van der Waals surface area contributed by atoms with Crippen LogP contribution in [0.15, 0.2) is 95.5 Å². The largest absolute Gasteiger partial charge is 0.454 e. The number of rotatable bonds is 5. The topological polar surface area (TPSA) is 29.5 Å². The standard InChI is InChI=1S/C27H26BrNO2/c1-20-25(22-13-7-4-8-14-22)31-26(30)27(29(20)2,18-17-21-11-5-3-6-12-21)19-23-15-9-10-16-24(23)28/h3-18,20,25H,19H2,1-2H3/b18-17+/t20-,25-,27-/m0/s1. The van der Waals surface area contributed by atoms with Gasteiger partial charge < -0.3 is 4.74 Å². The van der Waals surface area contributed by atoms with Crippen LogP contribution >= 0.6 is 15.9 Å². The second-order valence-electron chi connectivity index (χ2n) is 8.02. The molecule has 3 aromatic carbocycles. The molecule has 0 saturated carbocycles. The fourth-order valence-corrected chi connectivity index (χ4v) is 4.61. The SMILES string of the molecule is C[C@H]1[C@@H](c2ccccc2)OC(=O)[C@](/C=C/c2ccccc2)(Cc2ccccc2Br)N1C. The van der Waals surface area contributed by atoms with Crippen molar-refractivity contribution < 1.29 is 9.53 Å². The van der Waals surface area contributed by atoms with Crippen molar-refractivity contribution in [1.29, 1.82) is 0 Å². The van der Waals surface area contributed by atoms with Gasteiger partial charge >= 0.3 is 5.97 Å². The van der Waals surface area contributed by atoms with E-state index in [4.69, 9.17) is 4.74 Å². The van der Waals surface area contributed by atoms with E-state index in [0.29, 0.717) is 6.42 Å². The Kier molecular flexibility index (Phi) is 6.40. The van der Waals surface area contributed by atoms with E-state index in [1.807, 2.05) is 98.1 Å². The number of carbonyl (C=O) groups excluding carboxylic acids is 1. The van der Waals surface area contributed by atoms with Crippen LogP contribution in [0.1, 0.15) is 29.7 Å². The Balaban J connectivity index is 1.75. The van der Waals surface area contributed by atoms with E-state index in [1.165, 1.54) is 0 Å². The van der Waals surface area contributed by atoms with Crippen LogP contribution in [0.25, 0.3) is 6.08 Å². The third-order valence-electron chi connectivity index (χ3n) is 6.16. The molecule has 0 bridgehead atoms. The zero-order valence-electron chi connectivity index (χ0n) is 17.7. The van der Waals surface area contributed by atoms with Gasteiger partial charge in [-0.25, -0.2) is 4.79 Å². The molecule has 1 fully saturated rings. The summed E-state index contributed by atoms with van der Waals surface area (Å²) in [4.78, 5) is 15.8. The van der Waals surface area contributed by atoms with Crippen LogP contribution in [-0.4, -0.2) is 29.5 Å². The highest BCUT2D eigenvalue weighted by Gasteiger charge is 2.51. The third-order valence-corrected chi connectivity index (χ3v) is 6.94. The van der Waals surface area contributed by atoms with Gasteiger partial charge in [0.05, 0.1) is 0 Å². The second-order valence-corrected chi connectivity index (χ2v) is 8.88. The third kappa shape index (κ3) is 4.36. The molecule has 1 saturated heterocycles. The summed E-state index contributed by atoms with van der Waals surface area (Å²) in [5.74, 6) is -0.232. The predicted molar refractivity (Wildman–Crippen MR) is 129 cm³/mol. The molecule has 1 heterocycles. The summed E-state index contributed by atoms with van der Waals surface area (Å²) in [6.07, 6.45) is 4.22. The van der Waals surface area contributed by atoms with Gasteiger partial charge in [-0.3, -0.25) is 4.90 Å². The van der Waals surface area contributed by atoms with Crippen molar-refractivity contribution in [3.63, 3.8) is 0 Å². The Bertz CT molecular complexity index is 1070. The van der Waals surface area contributed by atoms with Crippen LogP contribution in [0.4, 0.5) is 0 Å². The van der Waals surface area contributed by atoms with Gasteiger partial charge in [0.2, 0.25) is 0 Å². The van der Waals surface area contributed by atoms with E-state index < -0.39 is 5.54 Å². The molecule has 0 aromatic heterocycles. The van der Waals surface area contributed by atoms with Crippen molar-refractivity contribution in [3.8, 4) is 0 Å². The summed E-state index contributed by atoms with van der Waals surface area (Å²) >= 11 is 3.65. The Morgan fingerprint density at radius 1 is 0.968 bits per heavy atom. The fraction of sp³-hybridized carbons (Fsp3) is 0.222. The van der Waals surface area contributed by atoms with Crippen molar-refractivity contribution in [1.82, 2.24) is 4.90 Å². The van der Waals surface area contributed by atoms with Gasteiger partial charge in [-0.1, -0.05) is 107 Å². The summed E-state index contributed by atoms with van der Waals surface area (Å²) in [5.41, 5.74) is 2.21. The quantitative estimate of drug-likeness (QED) is 0.419. The lowest BCUT2D eigenvalue weighted by Crippen LogP contribution is -2.62. The van der Waals surface area contributed by atoms with Gasteiger partial charge in [0.25, 0.3) is 0 Å². The number of morpholine rings is 1. The summed E-state index contributed by atoms with van der Waals surface area (Å²) in [5, 5.41) is 0. The molecule has 0 radical (unpaired) electrons. The number of cyclic esters (lactones) is 1. The molecule has 0 unspecified atom stereocenters. The molecular weight excluding hydrogens is 450 g/mol. The average Bonchev–Trinajstić information content (AvgIpc) is 2.81. The molecular formula is C27H26BrNO2. The van der Waals surface area contributed by atoms with E-state index in [-0.39, 0.29) is 18.1 Å². The van der Waals surface area contributed by atoms with Crippen LogP contribution in [-0.2, 0) is 16.0 Å². The van der Waals surface area contributed by atoms with Crippen molar-refractivity contribution in [2.75, 3.05) is 7.05 Å². The summed E-state index contributed by atoms with van der Waals surface area (Å²) in [6, 6.07) is 28.1. The normalized spacial score (nSPS) is 24.3. The molecule has 1 aliphatic heterocycles. The minimum Gasteiger partial charge on any atom is -0.454 e. The van der Waals surface area contributed by atoms with E-state index >= 15 is 0 Å². The minimum atomic E-state index is -0.912. The number of nitrogens with zero attached hydrogens (tertiary/aromatic N) is 1. The van der Waals surface area contributed by atoms with Crippen LogP contribution in [0.3, 0.4) is 0 Å². The zero-order chi connectivity index (χ0) is 21.8. The first-order valence-electron chi connectivity index (χ1n) is 10.5. The van der Waals surface area contributed by atoms with Crippen LogP contribution < -0.4 is 0 Å². The molecule has 4 heteroatoms. The predicted octanol–water partition coefficient (Wildman–Crippen LogP) is 6.06. The first kappa shape index (κ1) is 21.5. The number of hydrogen-bond donors (Lipinski definition) is 0. The molecule has 1 aliphatic rings. The molecule has 0 N–H and O–H groups in total. The smallest absolute Gasteiger partial charge is 0.331 e. The number of likely N-dealkylation sites (N-methyl/N-ethyl adjacent to an activating group) is 1. The molecule has 3 nitrogen and oxygen atoms in total. The molecule has 31 heavy (non-hydrogen) atoms. The number of benzene rings is 3. The molecule has 0 amide bonds. The molecule has 158 valence electrons. The second kappa shape index (κ2) is 9.21. The summed E-state index contributed by atoms with van der Waals surface area (Å²) in [6.45, 7) is 2.12. The maximum Gasteiger partial charge on any atom is 0.331 e. The lowest BCUT2D eigenvalue weighted by molar-refractivity contribution is -0.180. The maximum absolute atomic E-state index is 13.7. The number of carbonyl (C=O) groups is 1. The molecule has 3 atom stereocenters. The highest BCUT2D eigenvalue weighted by Crippen LogP contribution is 2.39. The van der Waals surface area contributed by atoms with E-state index in [2.05, 4.69) is 33.8 Å². The first-order chi connectivity index (χ1) is 15.0. The van der Waals surface area contributed by atoms with Crippen molar-refractivity contribution in [3.05, 3.63) is 112 Å². The van der Waals surface area contributed by atoms with Crippen LogP contribution in [0.2, 0.25) is 0 Å². The van der Waals surface area contributed by atoms with Gasteiger partial charge in [-0.15, -0.1) is 0 Å². The molecule has 0 aliphatic carbocycles. The lowest BCUT2D eigenvalue weighted by atomic mass is 9.83. The Labute approximate surface area is 192 Å². The number of hydrogen-bond acceptors (Lipinski definition) is 3. The van der Waals surface area contributed by atoms with Gasteiger partial charge in [-0.2, -0.15) is 0 Å². The average molecular weight is 476 g/mol. The van der Waals surface area contributed by atoms with Crippen molar-refractivity contribution >= 4 is 28.0 Å². The summed E-state index contributed by atoms with van der Waals surface area (Å²) in [7, 11) is 2.02. The number of esters is 1. The fourth-order valence-electron chi connectivity index (χ4n) is 4.19. The van der Waals surface area contributed by atoms with E-state index in [0.717, 1.165) is 21.2 Å². The Morgan fingerprint density at radius 3 is 2.26 bits per heavy atom. The highest BCUT2D eigenvalue weighted by atomic mass is 79.9. The maximum atomic E-state index is 13.7. The van der Waals surface area contributed by atoms with Gasteiger partial charge in [-0.05, 0) is 36.7 Å². The zero-order valence-corrected chi connectivity index (χ0v) is 19.3. The monoisotopic (exact) mass is 475 g/mol. The highest BCUT2D eigenvalue weighted by molar-refractivity contribution is 9.10. The van der Waals surface area contributed by atoms with Gasteiger partial charge in [0, 0.05) is 16.9 Å². The Hall–Kier alpha value is -2.69.